The van der Waals surface area contributed by atoms with Crippen molar-refractivity contribution < 1.29 is 14.3 Å². The molecular weight excluding hydrogens is 384 g/mol. The molecule has 6 heteroatoms. The first-order valence-corrected chi connectivity index (χ1v) is 8.89. The molecule has 0 unspecified atom stereocenters. The SMILES string of the molecule is O=C1CN(C(=O)OCc2ccccc2)CCN1Cc1ccc(Br)cc1. The van der Waals surface area contributed by atoms with Crippen molar-refractivity contribution >= 4 is 27.9 Å². The number of piperazine rings is 1. The molecule has 0 aromatic heterocycles. The number of hydrogen-bond acceptors (Lipinski definition) is 3. The zero-order valence-electron chi connectivity index (χ0n) is 13.7. The van der Waals surface area contributed by atoms with Gasteiger partial charge in [0.2, 0.25) is 5.91 Å². The highest BCUT2D eigenvalue weighted by atomic mass is 79.9. The minimum absolute atomic E-state index is 0.0597. The zero-order chi connectivity index (χ0) is 17.6. The summed E-state index contributed by atoms with van der Waals surface area (Å²) in [5, 5.41) is 0. The lowest BCUT2D eigenvalue weighted by molar-refractivity contribution is -0.136. The Morgan fingerprint density at radius 2 is 1.72 bits per heavy atom. The van der Waals surface area contributed by atoms with Crippen molar-refractivity contribution in [1.29, 1.82) is 0 Å². The summed E-state index contributed by atoms with van der Waals surface area (Å²) in [6, 6.07) is 17.4. The van der Waals surface area contributed by atoms with Crippen molar-refractivity contribution in [2.75, 3.05) is 19.6 Å². The predicted octanol–water partition coefficient (Wildman–Crippen LogP) is 3.43. The highest BCUT2D eigenvalue weighted by Gasteiger charge is 2.28. The van der Waals surface area contributed by atoms with E-state index in [0.29, 0.717) is 19.6 Å². The molecule has 2 aromatic carbocycles. The van der Waals surface area contributed by atoms with E-state index in [1.165, 1.54) is 4.90 Å². The van der Waals surface area contributed by atoms with Crippen molar-refractivity contribution in [3.63, 3.8) is 0 Å². The van der Waals surface area contributed by atoms with Crippen LogP contribution in [-0.4, -0.2) is 41.4 Å². The third-order valence-corrected chi connectivity index (χ3v) is 4.60. The number of rotatable bonds is 4. The summed E-state index contributed by atoms with van der Waals surface area (Å²) in [4.78, 5) is 27.7. The summed E-state index contributed by atoms with van der Waals surface area (Å²) in [5.74, 6) is -0.0640. The summed E-state index contributed by atoms with van der Waals surface area (Å²) in [7, 11) is 0. The molecule has 0 aliphatic carbocycles. The van der Waals surface area contributed by atoms with Crippen LogP contribution >= 0.6 is 15.9 Å². The van der Waals surface area contributed by atoms with Gasteiger partial charge in [-0.25, -0.2) is 4.79 Å². The molecule has 0 radical (unpaired) electrons. The highest BCUT2D eigenvalue weighted by molar-refractivity contribution is 9.10. The number of carbonyl (C=O) groups excluding carboxylic acids is 2. The Morgan fingerprint density at radius 1 is 1.00 bits per heavy atom. The fourth-order valence-corrected chi connectivity index (χ4v) is 2.92. The number of benzene rings is 2. The minimum Gasteiger partial charge on any atom is -0.445 e. The Bertz CT molecular complexity index is 734. The second-order valence-corrected chi connectivity index (χ2v) is 6.82. The van der Waals surface area contributed by atoms with Crippen LogP contribution in [-0.2, 0) is 22.7 Å². The zero-order valence-corrected chi connectivity index (χ0v) is 15.3. The number of amides is 2. The maximum Gasteiger partial charge on any atom is 0.410 e. The van der Waals surface area contributed by atoms with Gasteiger partial charge in [0, 0.05) is 24.1 Å². The van der Waals surface area contributed by atoms with Gasteiger partial charge in [0.1, 0.15) is 13.2 Å². The van der Waals surface area contributed by atoms with Crippen LogP contribution in [0, 0.1) is 0 Å². The molecule has 0 atom stereocenters. The average molecular weight is 403 g/mol. The summed E-state index contributed by atoms with van der Waals surface area (Å²) < 4.78 is 6.30. The molecule has 0 spiro atoms. The largest absolute Gasteiger partial charge is 0.445 e. The van der Waals surface area contributed by atoms with E-state index in [-0.39, 0.29) is 19.1 Å². The van der Waals surface area contributed by atoms with E-state index >= 15 is 0 Å². The van der Waals surface area contributed by atoms with Gasteiger partial charge in [-0.2, -0.15) is 0 Å². The van der Waals surface area contributed by atoms with E-state index in [1.807, 2.05) is 54.6 Å². The Labute approximate surface area is 155 Å². The van der Waals surface area contributed by atoms with Crippen molar-refractivity contribution in [3.05, 3.63) is 70.2 Å². The lowest BCUT2D eigenvalue weighted by Gasteiger charge is -2.33. The van der Waals surface area contributed by atoms with Crippen molar-refractivity contribution in [2.24, 2.45) is 0 Å². The third-order valence-electron chi connectivity index (χ3n) is 4.07. The number of carbonyl (C=O) groups is 2. The number of ether oxygens (including phenoxy) is 1. The van der Waals surface area contributed by atoms with Crippen LogP contribution < -0.4 is 0 Å². The normalized spacial score (nSPS) is 14.5. The Morgan fingerprint density at radius 3 is 2.40 bits per heavy atom. The summed E-state index contributed by atoms with van der Waals surface area (Å²) in [5.41, 5.74) is 1.99. The summed E-state index contributed by atoms with van der Waals surface area (Å²) in [6.07, 6.45) is -0.444. The highest BCUT2D eigenvalue weighted by Crippen LogP contribution is 2.14. The van der Waals surface area contributed by atoms with Crippen LogP contribution in [0.25, 0.3) is 0 Å². The van der Waals surface area contributed by atoms with Gasteiger partial charge in [-0.3, -0.25) is 9.69 Å². The fourth-order valence-electron chi connectivity index (χ4n) is 2.65. The number of nitrogens with zero attached hydrogens (tertiary/aromatic N) is 2. The average Bonchev–Trinajstić information content (AvgIpc) is 2.64. The molecule has 1 aliphatic heterocycles. The fraction of sp³-hybridized carbons (Fsp3) is 0.263. The van der Waals surface area contributed by atoms with Gasteiger partial charge >= 0.3 is 6.09 Å². The molecule has 130 valence electrons. The Balaban J connectivity index is 1.50. The lowest BCUT2D eigenvalue weighted by Crippen LogP contribution is -2.51. The van der Waals surface area contributed by atoms with Gasteiger partial charge < -0.3 is 9.64 Å². The van der Waals surface area contributed by atoms with Gasteiger partial charge in [0.05, 0.1) is 0 Å². The smallest absolute Gasteiger partial charge is 0.410 e. The molecule has 1 fully saturated rings. The first-order valence-electron chi connectivity index (χ1n) is 8.09. The standard InChI is InChI=1S/C19H19BrN2O3/c20-17-8-6-15(7-9-17)12-21-10-11-22(13-18(21)23)19(24)25-14-16-4-2-1-3-5-16/h1-9H,10-14H2. The molecule has 0 saturated carbocycles. The summed E-state index contributed by atoms with van der Waals surface area (Å²) in [6.45, 7) is 1.82. The van der Waals surface area contributed by atoms with Crippen LogP contribution in [0.1, 0.15) is 11.1 Å². The van der Waals surface area contributed by atoms with Crippen molar-refractivity contribution in [3.8, 4) is 0 Å². The molecule has 0 bridgehead atoms. The van der Waals surface area contributed by atoms with E-state index in [1.54, 1.807) is 4.90 Å². The maximum atomic E-state index is 12.3. The first kappa shape index (κ1) is 17.5. The van der Waals surface area contributed by atoms with Gasteiger partial charge in [-0.1, -0.05) is 58.4 Å². The third kappa shape index (κ3) is 4.82. The van der Waals surface area contributed by atoms with Crippen molar-refractivity contribution in [2.45, 2.75) is 13.2 Å². The lowest BCUT2D eigenvalue weighted by atomic mass is 10.2. The molecule has 1 heterocycles. The Hall–Kier alpha value is -2.34. The van der Waals surface area contributed by atoms with Gasteiger partial charge in [0.15, 0.2) is 0 Å². The van der Waals surface area contributed by atoms with E-state index in [0.717, 1.165) is 15.6 Å². The second kappa shape index (κ2) is 8.16. The molecule has 2 aromatic rings. The maximum absolute atomic E-state index is 12.3. The molecule has 1 aliphatic rings. The van der Waals surface area contributed by atoms with Gasteiger partial charge in [-0.15, -0.1) is 0 Å². The van der Waals surface area contributed by atoms with Crippen LogP contribution in [0.2, 0.25) is 0 Å². The van der Waals surface area contributed by atoms with Crippen molar-refractivity contribution in [1.82, 2.24) is 9.80 Å². The topological polar surface area (TPSA) is 49.9 Å². The van der Waals surface area contributed by atoms with E-state index in [9.17, 15) is 9.59 Å². The molecule has 25 heavy (non-hydrogen) atoms. The van der Waals surface area contributed by atoms with Crippen LogP contribution in [0.3, 0.4) is 0 Å². The number of hydrogen-bond donors (Lipinski definition) is 0. The molecule has 3 rings (SSSR count). The Kier molecular flexibility index (Phi) is 5.71. The van der Waals surface area contributed by atoms with Gasteiger partial charge in [0.25, 0.3) is 0 Å². The van der Waals surface area contributed by atoms with E-state index in [4.69, 9.17) is 4.74 Å². The molecule has 5 nitrogen and oxygen atoms in total. The van der Waals surface area contributed by atoms with E-state index in [2.05, 4.69) is 15.9 Å². The first-order chi connectivity index (χ1) is 12.1. The monoisotopic (exact) mass is 402 g/mol. The van der Waals surface area contributed by atoms with Gasteiger partial charge in [-0.05, 0) is 23.3 Å². The molecule has 1 saturated heterocycles. The minimum atomic E-state index is -0.444. The van der Waals surface area contributed by atoms with Crippen LogP contribution in [0.5, 0.6) is 0 Å². The molecular formula is C19H19BrN2O3. The second-order valence-electron chi connectivity index (χ2n) is 5.90. The predicted molar refractivity (Wildman–Crippen MR) is 97.8 cm³/mol. The van der Waals surface area contributed by atoms with E-state index < -0.39 is 6.09 Å². The molecule has 2 amide bonds. The number of halogens is 1. The van der Waals surface area contributed by atoms with Crippen LogP contribution in [0.15, 0.2) is 59.1 Å². The molecule has 0 N–H and O–H groups in total. The quantitative estimate of drug-likeness (QED) is 0.786. The van der Waals surface area contributed by atoms with Crippen LogP contribution in [0.4, 0.5) is 4.79 Å². The summed E-state index contributed by atoms with van der Waals surface area (Å²) >= 11 is 3.40.